The number of hydrogen-bond donors (Lipinski definition) is 1. The van der Waals surface area contributed by atoms with Crippen LogP contribution in [0.25, 0.3) is 0 Å². The molecule has 2 N–H and O–H groups in total. The molecule has 2 nitrogen and oxygen atoms in total. The van der Waals surface area contributed by atoms with Gasteiger partial charge >= 0.3 is 0 Å². The molecule has 2 rings (SSSR count). The molecule has 0 aliphatic carbocycles. The van der Waals surface area contributed by atoms with E-state index in [1.807, 2.05) is 18.2 Å². The molecule has 0 radical (unpaired) electrons. The molecule has 0 saturated carbocycles. The highest BCUT2D eigenvalue weighted by Gasteiger charge is 2.08. The highest BCUT2D eigenvalue weighted by Crippen LogP contribution is 2.20. The first-order valence-corrected chi connectivity index (χ1v) is 5.91. The molecule has 2 aromatic rings. The molecule has 0 spiro atoms. The van der Waals surface area contributed by atoms with Crippen molar-refractivity contribution < 1.29 is 4.79 Å². The van der Waals surface area contributed by atoms with Gasteiger partial charge in [-0.2, -0.15) is 0 Å². The van der Waals surface area contributed by atoms with Crippen molar-refractivity contribution in [3.8, 4) is 0 Å². The van der Waals surface area contributed by atoms with Gasteiger partial charge in [0.25, 0.3) is 0 Å². The van der Waals surface area contributed by atoms with Gasteiger partial charge in [-0.1, -0.05) is 18.2 Å². The fourth-order valence-electron chi connectivity index (χ4n) is 1.68. The van der Waals surface area contributed by atoms with E-state index in [2.05, 4.69) is 19.1 Å². The summed E-state index contributed by atoms with van der Waals surface area (Å²) in [6.45, 7) is 2.08. The Hall–Kier alpha value is -1.61. The van der Waals surface area contributed by atoms with Crippen LogP contribution in [0.15, 0.2) is 36.4 Å². The maximum absolute atomic E-state index is 11.2. The average molecular weight is 231 g/mol. The second-order valence-corrected chi connectivity index (χ2v) is 5.08. The van der Waals surface area contributed by atoms with Crippen LogP contribution in [-0.2, 0) is 6.42 Å². The van der Waals surface area contributed by atoms with Crippen LogP contribution in [0.4, 0.5) is 0 Å². The van der Waals surface area contributed by atoms with Crippen molar-refractivity contribution >= 4 is 17.2 Å². The summed E-state index contributed by atoms with van der Waals surface area (Å²) in [6.07, 6.45) is 0.775. The summed E-state index contributed by atoms with van der Waals surface area (Å²) in [5.41, 5.74) is 6.95. The van der Waals surface area contributed by atoms with Crippen LogP contribution in [0.1, 0.15) is 25.7 Å². The van der Waals surface area contributed by atoms with Crippen LogP contribution >= 0.6 is 11.3 Å². The molecule has 0 unspecified atom stereocenters. The highest BCUT2D eigenvalue weighted by molar-refractivity contribution is 7.11. The van der Waals surface area contributed by atoms with Crippen molar-refractivity contribution in [3.05, 3.63) is 57.3 Å². The van der Waals surface area contributed by atoms with Crippen molar-refractivity contribution in [2.24, 2.45) is 5.73 Å². The number of aryl methyl sites for hydroxylation is 1. The molecular formula is C13H13NOS. The van der Waals surface area contributed by atoms with E-state index >= 15 is 0 Å². The zero-order chi connectivity index (χ0) is 11.5. The molecule has 16 heavy (non-hydrogen) atoms. The van der Waals surface area contributed by atoms with Crippen molar-refractivity contribution in [3.63, 3.8) is 0 Å². The third kappa shape index (κ3) is 2.31. The van der Waals surface area contributed by atoms with E-state index in [0.29, 0.717) is 5.56 Å². The zero-order valence-corrected chi connectivity index (χ0v) is 9.88. The Labute approximate surface area is 98.7 Å². The number of carbonyl (C=O) groups is 1. The first kappa shape index (κ1) is 10.9. The summed E-state index contributed by atoms with van der Waals surface area (Å²) >= 11 is 1.75. The normalized spacial score (nSPS) is 10.3. The number of thiophene rings is 1. The summed E-state index contributed by atoms with van der Waals surface area (Å²) in [7, 11) is 0. The third-order valence-electron chi connectivity index (χ3n) is 2.44. The molecule has 0 aliphatic rings. The second kappa shape index (κ2) is 4.49. The predicted octanol–water partition coefficient (Wildman–Crippen LogP) is 2.75. The number of primary amides is 1. The van der Waals surface area contributed by atoms with Gasteiger partial charge in [-0.05, 0) is 30.7 Å². The Morgan fingerprint density at radius 3 is 2.62 bits per heavy atom. The van der Waals surface area contributed by atoms with E-state index < -0.39 is 0 Å². The van der Waals surface area contributed by atoms with Crippen LogP contribution in [0, 0.1) is 6.92 Å². The Morgan fingerprint density at radius 2 is 2.00 bits per heavy atom. The molecule has 0 bridgehead atoms. The number of amides is 1. The van der Waals surface area contributed by atoms with Gasteiger partial charge in [0, 0.05) is 21.7 Å². The lowest BCUT2D eigenvalue weighted by Gasteiger charge is -2.04. The topological polar surface area (TPSA) is 43.1 Å². The van der Waals surface area contributed by atoms with Crippen molar-refractivity contribution in [1.82, 2.24) is 0 Å². The molecule has 1 aromatic heterocycles. The van der Waals surface area contributed by atoms with E-state index in [4.69, 9.17) is 5.73 Å². The summed E-state index contributed by atoms with van der Waals surface area (Å²) in [4.78, 5) is 13.8. The Bertz CT molecular complexity index is 516. The SMILES string of the molecule is Cc1ccc(Cc2ccccc2C(N)=O)s1. The maximum Gasteiger partial charge on any atom is 0.248 e. The van der Waals surface area contributed by atoms with Gasteiger partial charge in [-0.3, -0.25) is 4.79 Å². The quantitative estimate of drug-likeness (QED) is 0.867. The maximum atomic E-state index is 11.2. The van der Waals surface area contributed by atoms with Gasteiger partial charge in [0.2, 0.25) is 5.91 Å². The number of rotatable bonds is 3. The molecule has 0 fully saturated rings. The molecule has 0 aliphatic heterocycles. The Kier molecular flexibility index (Phi) is 3.06. The lowest BCUT2D eigenvalue weighted by Crippen LogP contribution is -2.13. The van der Waals surface area contributed by atoms with E-state index in [1.54, 1.807) is 17.4 Å². The molecule has 3 heteroatoms. The summed E-state index contributed by atoms with van der Waals surface area (Å²) in [5.74, 6) is -0.358. The number of nitrogens with two attached hydrogens (primary N) is 1. The minimum Gasteiger partial charge on any atom is -0.366 e. The molecule has 0 atom stereocenters. The fourth-order valence-corrected chi connectivity index (χ4v) is 2.60. The minimum atomic E-state index is -0.358. The number of benzene rings is 1. The highest BCUT2D eigenvalue weighted by atomic mass is 32.1. The van der Waals surface area contributed by atoms with Gasteiger partial charge in [0.05, 0.1) is 0 Å². The van der Waals surface area contributed by atoms with Gasteiger partial charge in [-0.25, -0.2) is 0 Å². The molecule has 1 aromatic carbocycles. The average Bonchev–Trinajstić information content (AvgIpc) is 2.64. The summed E-state index contributed by atoms with van der Waals surface area (Å²) in [6, 6.07) is 11.7. The standard InChI is InChI=1S/C13H13NOS/c1-9-6-7-11(16-9)8-10-4-2-3-5-12(10)13(14)15/h2-7H,8H2,1H3,(H2,14,15). The minimum absolute atomic E-state index is 0.358. The Balaban J connectivity index is 2.31. The van der Waals surface area contributed by atoms with Gasteiger partial charge in [0.15, 0.2) is 0 Å². The van der Waals surface area contributed by atoms with Crippen molar-refractivity contribution in [1.29, 1.82) is 0 Å². The second-order valence-electron chi connectivity index (χ2n) is 3.71. The third-order valence-corrected chi connectivity index (χ3v) is 3.44. The number of hydrogen-bond acceptors (Lipinski definition) is 2. The monoisotopic (exact) mass is 231 g/mol. The van der Waals surface area contributed by atoms with E-state index in [-0.39, 0.29) is 5.91 Å². The first-order chi connectivity index (χ1) is 7.66. The molecule has 1 heterocycles. The van der Waals surface area contributed by atoms with E-state index in [1.165, 1.54) is 9.75 Å². The summed E-state index contributed by atoms with van der Waals surface area (Å²) in [5, 5.41) is 0. The van der Waals surface area contributed by atoms with Gasteiger partial charge in [0.1, 0.15) is 0 Å². The molecule has 1 amide bonds. The van der Waals surface area contributed by atoms with Crippen molar-refractivity contribution in [2.75, 3.05) is 0 Å². The van der Waals surface area contributed by atoms with Crippen molar-refractivity contribution in [2.45, 2.75) is 13.3 Å². The molecular weight excluding hydrogens is 218 g/mol. The lowest BCUT2D eigenvalue weighted by atomic mass is 10.0. The van der Waals surface area contributed by atoms with E-state index in [9.17, 15) is 4.79 Å². The number of carbonyl (C=O) groups excluding carboxylic acids is 1. The predicted molar refractivity (Wildman–Crippen MR) is 66.8 cm³/mol. The van der Waals surface area contributed by atoms with Crippen LogP contribution < -0.4 is 5.73 Å². The lowest BCUT2D eigenvalue weighted by molar-refractivity contribution is 0.0999. The Morgan fingerprint density at radius 1 is 1.25 bits per heavy atom. The fraction of sp³-hybridized carbons (Fsp3) is 0.154. The largest absolute Gasteiger partial charge is 0.366 e. The van der Waals surface area contributed by atoms with Gasteiger partial charge < -0.3 is 5.73 Å². The van der Waals surface area contributed by atoms with E-state index in [0.717, 1.165) is 12.0 Å². The molecule has 0 saturated heterocycles. The van der Waals surface area contributed by atoms with Crippen LogP contribution in [0.3, 0.4) is 0 Å². The smallest absolute Gasteiger partial charge is 0.248 e. The molecule has 82 valence electrons. The van der Waals surface area contributed by atoms with Crippen LogP contribution in [-0.4, -0.2) is 5.91 Å². The van der Waals surface area contributed by atoms with Crippen LogP contribution in [0.2, 0.25) is 0 Å². The summed E-state index contributed by atoms with van der Waals surface area (Å²) < 4.78 is 0. The first-order valence-electron chi connectivity index (χ1n) is 5.10. The zero-order valence-electron chi connectivity index (χ0n) is 9.07. The van der Waals surface area contributed by atoms with Crippen LogP contribution in [0.5, 0.6) is 0 Å². The van der Waals surface area contributed by atoms with Gasteiger partial charge in [-0.15, -0.1) is 11.3 Å².